The fourth-order valence-electron chi connectivity index (χ4n) is 1.92. The summed E-state index contributed by atoms with van der Waals surface area (Å²) in [5, 5.41) is 6.14. The topological polar surface area (TPSA) is 74.8 Å². The lowest BCUT2D eigenvalue weighted by Crippen LogP contribution is -2.13. The normalized spacial score (nSPS) is 11.4. The van der Waals surface area contributed by atoms with Crippen molar-refractivity contribution in [1.82, 2.24) is 10.2 Å². The van der Waals surface area contributed by atoms with Crippen LogP contribution in [0.4, 0.5) is 5.69 Å². The van der Waals surface area contributed by atoms with Crippen molar-refractivity contribution in [2.75, 3.05) is 4.72 Å². The maximum absolute atomic E-state index is 12.0. The highest BCUT2D eigenvalue weighted by Gasteiger charge is 2.15. The number of aromatic nitrogens is 2. The van der Waals surface area contributed by atoms with Gasteiger partial charge in [0.25, 0.3) is 10.0 Å². The first-order valence-corrected chi connectivity index (χ1v) is 8.21. The molecule has 0 radical (unpaired) electrons. The van der Waals surface area contributed by atoms with Crippen molar-refractivity contribution in [2.45, 2.75) is 37.6 Å². The van der Waals surface area contributed by atoms with Gasteiger partial charge in [-0.25, -0.2) is 0 Å². The summed E-state index contributed by atoms with van der Waals surface area (Å²) in [4.78, 5) is 0. The Morgan fingerprint density at radius 3 is 2.50 bits per heavy atom. The van der Waals surface area contributed by atoms with Crippen LogP contribution >= 0.6 is 0 Å². The summed E-state index contributed by atoms with van der Waals surface area (Å²) in [6.45, 7) is 2.17. The maximum Gasteiger partial charge on any atom is 0.278 e. The average molecular weight is 293 g/mol. The van der Waals surface area contributed by atoms with E-state index in [2.05, 4.69) is 21.8 Å². The Morgan fingerprint density at radius 1 is 1.15 bits per heavy atom. The maximum atomic E-state index is 12.0. The Bertz CT molecular complexity index is 619. The van der Waals surface area contributed by atoms with Gasteiger partial charge in [0.2, 0.25) is 0 Å². The lowest BCUT2D eigenvalue weighted by molar-refractivity contribution is 0.597. The molecule has 0 amide bonds. The molecule has 2 rings (SSSR count). The fraction of sp³-hybridized carbons (Fsp3) is 0.357. The molecule has 0 aliphatic rings. The van der Waals surface area contributed by atoms with Crippen molar-refractivity contribution in [2.24, 2.45) is 0 Å². The molecule has 0 spiro atoms. The number of rotatable bonds is 7. The minimum Gasteiger partial charge on any atom is -0.278 e. The third kappa shape index (κ3) is 3.84. The molecule has 0 fully saturated rings. The molecule has 0 bridgehead atoms. The van der Waals surface area contributed by atoms with E-state index in [1.54, 1.807) is 12.1 Å². The second kappa shape index (κ2) is 6.56. The van der Waals surface area contributed by atoms with Crippen LogP contribution < -0.4 is 4.72 Å². The number of H-pyrrole nitrogens is 1. The predicted octanol–water partition coefficient (Wildman–Crippen LogP) is 2.94. The molecular weight excluding hydrogens is 274 g/mol. The molecule has 108 valence electrons. The van der Waals surface area contributed by atoms with Crippen LogP contribution in [0.5, 0.6) is 0 Å². The van der Waals surface area contributed by atoms with E-state index in [1.165, 1.54) is 30.7 Å². The van der Waals surface area contributed by atoms with Crippen LogP contribution in [0.25, 0.3) is 0 Å². The van der Waals surface area contributed by atoms with Gasteiger partial charge in [0.1, 0.15) is 0 Å². The smallest absolute Gasteiger partial charge is 0.278 e. The Labute approximate surface area is 119 Å². The first-order chi connectivity index (χ1) is 9.62. The van der Waals surface area contributed by atoms with Crippen LogP contribution in [0.1, 0.15) is 31.7 Å². The zero-order valence-electron chi connectivity index (χ0n) is 11.5. The number of anilines is 1. The van der Waals surface area contributed by atoms with E-state index in [4.69, 9.17) is 0 Å². The number of nitrogens with one attached hydrogen (secondary N) is 2. The van der Waals surface area contributed by atoms with Gasteiger partial charge in [-0.3, -0.25) is 9.82 Å². The van der Waals surface area contributed by atoms with Crippen LogP contribution in [-0.4, -0.2) is 18.6 Å². The third-order valence-corrected chi connectivity index (χ3v) is 4.35. The number of nitrogens with zero attached hydrogens (tertiary/aromatic N) is 1. The van der Waals surface area contributed by atoms with E-state index in [9.17, 15) is 8.42 Å². The minimum atomic E-state index is -3.57. The second-order valence-corrected chi connectivity index (χ2v) is 6.33. The predicted molar refractivity (Wildman–Crippen MR) is 79.1 cm³/mol. The summed E-state index contributed by atoms with van der Waals surface area (Å²) in [7, 11) is -3.57. The molecule has 1 aromatic carbocycles. The van der Waals surface area contributed by atoms with Crippen molar-refractivity contribution < 1.29 is 8.42 Å². The van der Waals surface area contributed by atoms with Gasteiger partial charge in [-0.2, -0.15) is 13.5 Å². The van der Waals surface area contributed by atoms with Gasteiger partial charge in [-0.05, 0) is 36.6 Å². The van der Waals surface area contributed by atoms with Gasteiger partial charge in [0.15, 0.2) is 5.03 Å². The summed E-state index contributed by atoms with van der Waals surface area (Å²) in [5.41, 5.74) is 1.78. The molecule has 1 heterocycles. The quantitative estimate of drug-likeness (QED) is 0.771. The van der Waals surface area contributed by atoms with Crippen molar-refractivity contribution in [1.29, 1.82) is 0 Å². The van der Waals surface area contributed by atoms with Crippen LogP contribution in [0.15, 0.2) is 41.6 Å². The lowest BCUT2D eigenvalue weighted by atomic mass is 10.1. The average Bonchev–Trinajstić information content (AvgIpc) is 2.95. The number of aryl methyl sites for hydroxylation is 1. The highest BCUT2D eigenvalue weighted by Crippen LogP contribution is 2.16. The fourth-order valence-corrected chi connectivity index (χ4v) is 2.89. The molecule has 1 aromatic heterocycles. The molecule has 0 unspecified atom stereocenters. The zero-order chi connectivity index (χ0) is 14.4. The van der Waals surface area contributed by atoms with Crippen LogP contribution in [0, 0.1) is 0 Å². The highest BCUT2D eigenvalue weighted by atomic mass is 32.2. The molecule has 0 atom stereocenters. The van der Waals surface area contributed by atoms with E-state index in [1.807, 2.05) is 12.1 Å². The van der Waals surface area contributed by atoms with Crippen molar-refractivity contribution in [3.05, 3.63) is 42.1 Å². The SMILES string of the molecule is CCCCCc1ccc(NS(=O)(=O)c2ccn[nH]2)cc1. The number of hydrogen-bond donors (Lipinski definition) is 2. The molecule has 0 aliphatic heterocycles. The van der Waals surface area contributed by atoms with Gasteiger partial charge in [-0.15, -0.1) is 0 Å². The van der Waals surface area contributed by atoms with Gasteiger partial charge in [-0.1, -0.05) is 31.9 Å². The molecule has 0 aliphatic carbocycles. The summed E-state index contributed by atoms with van der Waals surface area (Å²) < 4.78 is 26.5. The molecule has 0 saturated carbocycles. The second-order valence-electron chi connectivity index (χ2n) is 4.68. The highest BCUT2D eigenvalue weighted by molar-refractivity contribution is 7.92. The summed E-state index contributed by atoms with van der Waals surface area (Å²) >= 11 is 0. The number of sulfonamides is 1. The van der Waals surface area contributed by atoms with E-state index in [0.29, 0.717) is 5.69 Å². The van der Waals surface area contributed by atoms with E-state index >= 15 is 0 Å². The van der Waals surface area contributed by atoms with E-state index < -0.39 is 10.0 Å². The summed E-state index contributed by atoms with van der Waals surface area (Å²) in [6, 6.07) is 8.91. The first kappa shape index (κ1) is 14.6. The number of unbranched alkanes of at least 4 members (excludes halogenated alkanes) is 2. The molecule has 5 nitrogen and oxygen atoms in total. The Kier molecular flexibility index (Phi) is 4.79. The number of benzene rings is 1. The molecule has 0 saturated heterocycles. The summed E-state index contributed by atoms with van der Waals surface area (Å²) in [6.07, 6.45) is 6.01. The lowest BCUT2D eigenvalue weighted by Gasteiger charge is -2.07. The van der Waals surface area contributed by atoms with E-state index in [-0.39, 0.29) is 5.03 Å². The largest absolute Gasteiger partial charge is 0.278 e. The Balaban J connectivity index is 2.00. The number of hydrogen-bond acceptors (Lipinski definition) is 3. The third-order valence-electron chi connectivity index (χ3n) is 3.04. The van der Waals surface area contributed by atoms with Crippen molar-refractivity contribution in [3.8, 4) is 0 Å². The Hall–Kier alpha value is -1.82. The van der Waals surface area contributed by atoms with Crippen molar-refractivity contribution >= 4 is 15.7 Å². The van der Waals surface area contributed by atoms with Gasteiger partial charge in [0.05, 0.1) is 6.20 Å². The Morgan fingerprint density at radius 2 is 1.90 bits per heavy atom. The first-order valence-electron chi connectivity index (χ1n) is 6.73. The molecular formula is C14H19N3O2S. The monoisotopic (exact) mass is 293 g/mol. The minimum absolute atomic E-state index is 0.0597. The van der Waals surface area contributed by atoms with Crippen LogP contribution in [0.3, 0.4) is 0 Å². The zero-order valence-corrected chi connectivity index (χ0v) is 12.3. The molecule has 6 heteroatoms. The standard InChI is InChI=1S/C14H19N3O2S/c1-2-3-4-5-12-6-8-13(9-7-12)17-20(18,19)14-10-11-15-16-14/h6-11,17H,2-5H2,1H3,(H,15,16). The van der Waals surface area contributed by atoms with Gasteiger partial charge in [0, 0.05) is 5.69 Å². The van der Waals surface area contributed by atoms with E-state index in [0.717, 1.165) is 12.8 Å². The van der Waals surface area contributed by atoms with Crippen LogP contribution in [-0.2, 0) is 16.4 Å². The number of aromatic amines is 1. The molecule has 2 N–H and O–H groups in total. The van der Waals surface area contributed by atoms with Gasteiger partial charge >= 0.3 is 0 Å². The summed E-state index contributed by atoms with van der Waals surface area (Å²) in [5.74, 6) is 0. The van der Waals surface area contributed by atoms with Crippen molar-refractivity contribution in [3.63, 3.8) is 0 Å². The van der Waals surface area contributed by atoms with Crippen LogP contribution in [0.2, 0.25) is 0 Å². The molecule has 2 aromatic rings. The molecule has 20 heavy (non-hydrogen) atoms. The van der Waals surface area contributed by atoms with Gasteiger partial charge < -0.3 is 0 Å².